The van der Waals surface area contributed by atoms with Crippen LogP contribution >= 0.6 is 0 Å². The Morgan fingerprint density at radius 2 is 1.44 bits per heavy atom. The van der Waals surface area contributed by atoms with Crippen molar-refractivity contribution in [3.8, 4) is 0 Å². The number of hydroxylamine groups is 1. The maximum atomic E-state index is 5.16. The minimum atomic E-state index is 0.632. The molecule has 0 unspecified atom stereocenters. The van der Waals surface area contributed by atoms with Gasteiger partial charge in [-0.2, -0.15) is 0 Å². The molecule has 0 aliphatic carbocycles. The van der Waals surface area contributed by atoms with Crippen LogP contribution in [0.15, 0.2) is 0 Å². The number of nitrogens with one attached hydrogen (secondary N) is 1. The number of methoxy groups -OCH3 is 1. The van der Waals surface area contributed by atoms with Crippen LogP contribution in [0.4, 0.5) is 0 Å². The summed E-state index contributed by atoms with van der Waals surface area (Å²) in [6.07, 6.45) is 10.8. The lowest BCUT2D eigenvalue weighted by Gasteiger charge is -2.05. The lowest BCUT2D eigenvalue weighted by Crippen LogP contribution is -2.18. The molecule has 0 radical (unpaired) electrons. The van der Waals surface area contributed by atoms with Gasteiger partial charge < -0.3 is 4.74 Å². The Morgan fingerprint density at radius 1 is 0.812 bits per heavy atom. The largest absolute Gasteiger partial charge is 0.382 e. The van der Waals surface area contributed by atoms with E-state index in [2.05, 4.69) is 12.4 Å². The third kappa shape index (κ3) is 13.9. The SMILES string of the molecule is CCCCCCCCCCNOCCOC. The molecule has 0 fully saturated rings. The van der Waals surface area contributed by atoms with E-state index in [0.29, 0.717) is 13.2 Å². The van der Waals surface area contributed by atoms with Gasteiger partial charge in [-0.25, -0.2) is 5.48 Å². The van der Waals surface area contributed by atoms with E-state index in [-0.39, 0.29) is 0 Å². The first-order valence-corrected chi connectivity index (χ1v) is 6.75. The van der Waals surface area contributed by atoms with Crippen LogP contribution in [-0.4, -0.2) is 26.9 Å². The fourth-order valence-corrected chi connectivity index (χ4v) is 1.60. The molecule has 0 rings (SSSR count). The van der Waals surface area contributed by atoms with E-state index in [1.54, 1.807) is 7.11 Å². The predicted molar refractivity (Wildman–Crippen MR) is 68.4 cm³/mol. The Balaban J connectivity index is 2.83. The summed E-state index contributed by atoms with van der Waals surface area (Å²) in [6, 6.07) is 0. The van der Waals surface area contributed by atoms with Crippen molar-refractivity contribution in [2.24, 2.45) is 0 Å². The lowest BCUT2D eigenvalue weighted by molar-refractivity contribution is 0.00644. The number of hydrogen-bond acceptors (Lipinski definition) is 3. The highest BCUT2D eigenvalue weighted by Crippen LogP contribution is 2.07. The van der Waals surface area contributed by atoms with Gasteiger partial charge in [0.2, 0.25) is 0 Å². The molecule has 0 aliphatic rings. The van der Waals surface area contributed by atoms with Crippen molar-refractivity contribution in [1.29, 1.82) is 0 Å². The van der Waals surface area contributed by atoms with Gasteiger partial charge in [0.1, 0.15) is 0 Å². The highest BCUT2D eigenvalue weighted by Gasteiger charge is 1.91. The van der Waals surface area contributed by atoms with E-state index in [1.165, 1.54) is 51.4 Å². The first-order chi connectivity index (χ1) is 7.91. The number of rotatable bonds is 13. The molecule has 3 nitrogen and oxygen atoms in total. The summed E-state index contributed by atoms with van der Waals surface area (Å²) >= 11 is 0. The van der Waals surface area contributed by atoms with Crippen LogP contribution in [0.25, 0.3) is 0 Å². The van der Waals surface area contributed by atoms with E-state index in [1.807, 2.05) is 0 Å². The molecular formula is C13H29NO2. The molecule has 0 aromatic heterocycles. The lowest BCUT2D eigenvalue weighted by atomic mass is 10.1. The second kappa shape index (κ2) is 14.9. The average Bonchev–Trinajstić information content (AvgIpc) is 2.31. The summed E-state index contributed by atoms with van der Waals surface area (Å²) in [4.78, 5) is 5.16. The molecule has 0 aliphatic heterocycles. The number of unbranched alkanes of at least 4 members (excludes halogenated alkanes) is 7. The second-order valence-corrected chi connectivity index (χ2v) is 4.21. The van der Waals surface area contributed by atoms with Gasteiger partial charge in [0.25, 0.3) is 0 Å². The van der Waals surface area contributed by atoms with E-state index in [4.69, 9.17) is 9.57 Å². The highest BCUT2D eigenvalue weighted by atomic mass is 16.7. The Labute approximate surface area is 101 Å². The van der Waals surface area contributed by atoms with E-state index >= 15 is 0 Å². The first kappa shape index (κ1) is 15.9. The van der Waals surface area contributed by atoms with Crippen LogP contribution in [0.1, 0.15) is 58.3 Å². The van der Waals surface area contributed by atoms with Gasteiger partial charge in [-0.15, -0.1) is 0 Å². The smallest absolute Gasteiger partial charge is 0.0915 e. The Morgan fingerprint density at radius 3 is 2.06 bits per heavy atom. The zero-order chi connectivity index (χ0) is 11.9. The zero-order valence-corrected chi connectivity index (χ0v) is 11.1. The molecule has 0 saturated heterocycles. The van der Waals surface area contributed by atoms with Crippen molar-refractivity contribution in [3.63, 3.8) is 0 Å². The van der Waals surface area contributed by atoms with Crippen LogP contribution in [-0.2, 0) is 9.57 Å². The van der Waals surface area contributed by atoms with Crippen molar-refractivity contribution >= 4 is 0 Å². The number of hydrogen-bond donors (Lipinski definition) is 1. The van der Waals surface area contributed by atoms with Crippen molar-refractivity contribution in [2.45, 2.75) is 58.3 Å². The molecule has 3 heteroatoms. The summed E-state index contributed by atoms with van der Waals surface area (Å²) in [6.45, 7) is 4.51. The van der Waals surface area contributed by atoms with Gasteiger partial charge in [0, 0.05) is 13.7 Å². The summed E-state index contributed by atoms with van der Waals surface area (Å²) in [5, 5.41) is 0. The van der Waals surface area contributed by atoms with Gasteiger partial charge in [-0.1, -0.05) is 51.9 Å². The monoisotopic (exact) mass is 231 g/mol. The standard InChI is InChI=1S/C13H29NO2/c1-3-4-5-6-7-8-9-10-11-14-16-13-12-15-2/h14H,3-13H2,1-2H3. The molecule has 0 spiro atoms. The fourth-order valence-electron chi connectivity index (χ4n) is 1.60. The minimum absolute atomic E-state index is 0.632. The van der Waals surface area contributed by atoms with Crippen LogP contribution in [0, 0.1) is 0 Å². The highest BCUT2D eigenvalue weighted by molar-refractivity contribution is 4.46. The van der Waals surface area contributed by atoms with Crippen LogP contribution in [0.3, 0.4) is 0 Å². The Hall–Kier alpha value is -0.120. The number of ether oxygens (including phenoxy) is 1. The fraction of sp³-hybridized carbons (Fsp3) is 1.00. The molecular weight excluding hydrogens is 202 g/mol. The third-order valence-corrected chi connectivity index (χ3v) is 2.62. The molecule has 0 saturated carbocycles. The summed E-state index contributed by atoms with van der Waals surface area (Å²) < 4.78 is 4.87. The van der Waals surface area contributed by atoms with Crippen molar-refractivity contribution in [2.75, 3.05) is 26.9 Å². The van der Waals surface area contributed by atoms with E-state index < -0.39 is 0 Å². The van der Waals surface area contributed by atoms with Crippen LogP contribution in [0.2, 0.25) is 0 Å². The third-order valence-electron chi connectivity index (χ3n) is 2.62. The summed E-state index contributed by atoms with van der Waals surface area (Å²) in [5.41, 5.74) is 2.95. The molecule has 0 aromatic carbocycles. The zero-order valence-electron chi connectivity index (χ0n) is 11.1. The van der Waals surface area contributed by atoms with E-state index in [9.17, 15) is 0 Å². The van der Waals surface area contributed by atoms with Crippen molar-refractivity contribution < 1.29 is 9.57 Å². The normalized spacial score (nSPS) is 10.9. The molecule has 0 bridgehead atoms. The topological polar surface area (TPSA) is 30.5 Å². The van der Waals surface area contributed by atoms with Crippen molar-refractivity contribution in [1.82, 2.24) is 5.48 Å². The molecule has 16 heavy (non-hydrogen) atoms. The van der Waals surface area contributed by atoms with Gasteiger partial charge >= 0.3 is 0 Å². The van der Waals surface area contributed by atoms with Crippen LogP contribution in [0.5, 0.6) is 0 Å². The van der Waals surface area contributed by atoms with E-state index in [0.717, 1.165) is 6.54 Å². The molecule has 1 N–H and O–H groups in total. The van der Waals surface area contributed by atoms with Crippen molar-refractivity contribution in [3.05, 3.63) is 0 Å². The van der Waals surface area contributed by atoms with Gasteiger partial charge in [-0.3, -0.25) is 4.84 Å². The molecule has 0 aromatic rings. The Kier molecular flexibility index (Phi) is 14.8. The van der Waals surface area contributed by atoms with Gasteiger partial charge in [-0.05, 0) is 6.42 Å². The molecule has 0 atom stereocenters. The molecule has 98 valence electrons. The molecule has 0 amide bonds. The Bertz CT molecular complexity index is 107. The molecule has 0 heterocycles. The maximum Gasteiger partial charge on any atom is 0.0915 e. The quantitative estimate of drug-likeness (QED) is 0.390. The van der Waals surface area contributed by atoms with Gasteiger partial charge in [0.05, 0.1) is 13.2 Å². The second-order valence-electron chi connectivity index (χ2n) is 4.21. The summed E-state index contributed by atoms with van der Waals surface area (Å²) in [7, 11) is 1.68. The maximum absolute atomic E-state index is 5.16. The predicted octanol–water partition coefficient (Wildman–Crippen LogP) is 3.29. The minimum Gasteiger partial charge on any atom is -0.382 e. The van der Waals surface area contributed by atoms with Gasteiger partial charge in [0.15, 0.2) is 0 Å². The first-order valence-electron chi connectivity index (χ1n) is 6.75. The van der Waals surface area contributed by atoms with Crippen LogP contribution < -0.4 is 5.48 Å². The summed E-state index contributed by atoms with van der Waals surface area (Å²) in [5.74, 6) is 0. The average molecular weight is 231 g/mol.